The first-order chi connectivity index (χ1) is 10.6. The van der Waals surface area contributed by atoms with Gasteiger partial charge in [-0.1, -0.05) is 6.07 Å². The summed E-state index contributed by atoms with van der Waals surface area (Å²) in [6, 6.07) is 11.3. The molecular formula is C15H13N3O3S. The highest BCUT2D eigenvalue weighted by Crippen LogP contribution is 2.36. The molecule has 1 aliphatic rings. The van der Waals surface area contributed by atoms with Crippen molar-refractivity contribution in [3.63, 3.8) is 0 Å². The van der Waals surface area contributed by atoms with Crippen molar-refractivity contribution in [1.82, 2.24) is 15.4 Å². The third-order valence-corrected chi connectivity index (χ3v) is 4.34. The summed E-state index contributed by atoms with van der Waals surface area (Å²) in [5, 5.41) is 10.2. The highest BCUT2D eigenvalue weighted by atomic mass is 32.2. The van der Waals surface area contributed by atoms with Crippen LogP contribution in [0.15, 0.2) is 48.7 Å². The highest BCUT2D eigenvalue weighted by Gasteiger charge is 2.35. The van der Waals surface area contributed by atoms with Gasteiger partial charge in [0.15, 0.2) is 0 Å². The number of hydrazine groups is 1. The molecule has 1 saturated heterocycles. The zero-order valence-corrected chi connectivity index (χ0v) is 12.3. The summed E-state index contributed by atoms with van der Waals surface area (Å²) in [5.74, 6) is -0.211. The van der Waals surface area contributed by atoms with Crippen LogP contribution in [0.2, 0.25) is 0 Å². The molecule has 1 aromatic carbocycles. The van der Waals surface area contributed by atoms with E-state index in [1.165, 1.54) is 41.0 Å². The largest absolute Gasteiger partial charge is 0.508 e. The Labute approximate surface area is 131 Å². The maximum atomic E-state index is 12.2. The van der Waals surface area contributed by atoms with E-state index < -0.39 is 5.91 Å². The maximum absolute atomic E-state index is 12.2. The molecule has 2 amide bonds. The summed E-state index contributed by atoms with van der Waals surface area (Å²) >= 11 is 1.41. The van der Waals surface area contributed by atoms with Gasteiger partial charge in [0, 0.05) is 11.8 Å². The number of aromatic hydroxyl groups is 1. The molecule has 0 saturated carbocycles. The van der Waals surface area contributed by atoms with Crippen LogP contribution in [0.4, 0.5) is 0 Å². The van der Waals surface area contributed by atoms with Crippen LogP contribution >= 0.6 is 11.8 Å². The Bertz CT molecular complexity index is 691. The number of nitrogens with one attached hydrogen (secondary N) is 1. The number of nitrogens with zero attached hydrogens (tertiary/aromatic N) is 2. The van der Waals surface area contributed by atoms with E-state index in [1.54, 1.807) is 12.3 Å². The van der Waals surface area contributed by atoms with Crippen LogP contribution in [-0.4, -0.2) is 32.7 Å². The lowest BCUT2D eigenvalue weighted by Crippen LogP contribution is -2.44. The normalized spacial score (nSPS) is 17.5. The Morgan fingerprint density at radius 1 is 1.27 bits per heavy atom. The van der Waals surface area contributed by atoms with Crippen molar-refractivity contribution >= 4 is 23.6 Å². The third kappa shape index (κ3) is 2.89. The number of phenols is 1. The van der Waals surface area contributed by atoms with Crippen molar-refractivity contribution in [2.75, 3.05) is 5.75 Å². The Hall–Kier alpha value is -2.54. The van der Waals surface area contributed by atoms with Crippen molar-refractivity contribution in [3.8, 4) is 5.75 Å². The number of hydrogen-bond donors (Lipinski definition) is 2. The number of benzene rings is 1. The van der Waals surface area contributed by atoms with Crippen molar-refractivity contribution in [2.45, 2.75) is 5.37 Å². The minimum Gasteiger partial charge on any atom is -0.508 e. The smallest absolute Gasteiger partial charge is 0.269 e. The van der Waals surface area contributed by atoms with Gasteiger partial charge < -0.3 is 5.11 Å². The average Bonchev–Trinajstić information content (AvgIpc) is 2.90. The molecule has 1 unspecified atom stereocenters. The summed E-state index contributed by atoms with van der Waals surface area (Å²) in [4.78, 5) is 28.5. The van der Waals surface area contributed by atoms with Crippen LogP contribution in [0.25, 0.3) is 0 Å². The monoisotopic (exact) mass is 315 g/mol. The molecule has 1 fully saturated rings. The molecule has 0 spiro atoms. The first-order valence-electron chi connectivity index (χ1n) is 6.60. The Balaban J connectivity index is 1.78. The number of carbonyl (C=O) groups is 2. The number of hydrogen-bond acceptors (Lipinski definition) is 5. The van der Waals surface area contributed by atoms with Gasteiger partial charge in [0.1, 0.15) is 11.1 Å². The maximum Gasteiger partial charge on any atom is 0.269 e. The van der Waals surface area contributed by atoms with Crippen LogP contribution in [0.5, 0.6) is 5.75 Å². The molecule has 6 nitrogen and oxygen atoms in total. The number of rotatable bonds is 3. The number of pyridine rings is 1. The SMILES string of the molecule is O=C(NN1C(=O)CSC1c1ccccn1)c1ccc(O)cc1. The quantitative estimate of drug-likeness (QED) is 0.901. The molecule has 0 aliphatic carbocycles. The summed E-state index contributed by atoms with van der Waals surface area (Å²) in [6.07, 6.45) is 1.65. The van der Waals surface area contributed by atoms with Crippen molar-refractivity contribution in [2.24, 2.45) is 0 Å². The van der Waals surface area contributed by atoms with E-state index in [1.807, 2.05) is 12.1 Å². The Morgan fingerprint density at radius 2 is 2.05 bits per heavy atom. The first-order valence-corrected chi connectivity index (χ1v) is 7.64. The first kappa shape index (κ1) is 14.4. The topological polar surface area (TPSA) is 82.5 Å². The second kappa shape index (κ2) is 6.07. The number of carbonyl (C=O) groups excluding carboxylic acids is 2. The number of aromatic nitrogens is 1. The zero-order valence-electron chi connectivity index (χ0n) is 11.5. The molecule has 7 heteroatoms. The molecular weight excluding hydrogens is 302 g/mol. The van der Waals surface area contributed by atoms with Gasteiger partial charge in [-0.15, -0.1) is 11.8 Å². The molecule has 2 aromatic rings. The fraction of sp³-hybridized carbons (Fsp3) is 0.133. The fourth-order valence-electron chi connectivity index (χ4n) is 2.07. The summed E-state index contributed by atoms with van der Waals surface area (Å²) in [5.41, 5.74) is 3.69. The standard InChI is InChI=1S/C15H13N3O3S/c19-11-6-4-10(5-7-11)14(21)17-18-13(20)9-22-15(18)12-3-1-2-8-16-12/h1-8,15,19H,9H2,(H,17,21). The zero-order chi connectivity index (χ0) is 15.5. The highest BCUT2D eigenvalue weighted by molar-refractivity contribution is 8.00. The summed E-state index contributed by atoms with van der Waals surface area (Å²) in [6.45, 7) is 0. The lowest BCUT2D eigenvalue weighted by Gasteiger charge is -2.23. The van der Waals surface area contributed by atoms with Gasteiger partial charge >= 0.3 is 0 Å². The van der Waals surface area contributed by atoms with Gasteiger partial charge in [0.25, 0.3) is 11.8 Å². The van der Waals surface area contributed by atoms with Gasteiger partial charge in [0.05, 0.1) is 11.4 Å². The third-order valence-electron chi connectivity index (χ3n) is 3.16. The summed E-state index contributed by atoms with van der Waals surface area (Å²) < 4.78 is 0. The van der Waals surface area contributed by atoms with Crippen LogP contribution in [0.1, 0.15) is 21.4 Å². The van der Waals surface area contributed by atoms with Gasteiger partial charge in [-0.05, 0) is 36.4 Å². The molecule has 1 aliphatic heterocycles. The molecule has 0 bridgehead atoms. The van der Waals surface area contributed by atoms with E-state index in [2.05, 4.69) is 10.4 Å². The minimum atomic E-state index is -0.406. The van der Waals surface area contributed by atoms with Crippen LogP contribution in [0.3, 0.4) is 0 Å². The molecule has 112 valence electrons. The molecule has 2 N–H and O–H groups in total. The van der Waals surface area contributed by atoms with Gasteiger partial charge in [-0.3, -0.25) is 20.0 Å². The fourth-order valence-corrected chi connectivity index (χ4v) is 3.14. The van der Waals surface area contributed by atoms with E-state index in [4.69, 9.17) is 0 Å². The van der Waals surface area contributed by atoms with Crippen LogP contribution in [-0.2, 0) is 4.79 Å². The lowest BCUT2D eigenvalue weighted by atomic mass is 10.2. The van der Waals surface area contributed by atoms with Crippen molar-refractivity contribution in [1.29, 1.82) is 0 Å². The van der Waals surface area contributed by atoms with Gasteiger partial charge in [-0.25, -0.2) is 5.01 Å². The molecule has 2 heterocycles. The number of thioether (sulfide) groups is 1. The molecule has 0 radical (unpaired) electrons. The van der Waals surface area contributed by atoms with Crippen molar-refractivity contribution < 1.29 is 14.7 Å². The summed E-state index contributed by atoms with van der Waals surface area (Å²) in [7, 11) is 0. The van der Waals surface area contributed by atoms with E-state index in [0.29, 0.717) is 11.3 Å². The Morgan fingerprint density at radius 3 is 2.73 bits per heavy atom. The number of phenolic OH excluding ortho intramolecular Hbond substituents is 1. The average molecular weight is 315 g/mol. The Kier molecular flexibility index (Phi) is 3.97. The molecule has 1 atom stereocenters. The van der Waals surface area contributed by atoms with E-state index in [9.17, 15) is 14.7 Å². The van der Waals surface area contributed by atoms with E-state index in [-0.39, 0.29) is 22.8 Å². The van der Waals surface area contributed by atoms with E-state index >= 15 is 0 Å². The molecule has 3 rings (SSSR count). The molecule has 1 aromatic heterocycles. The van der Waals surface area contributed by atoms with Gasteiger partial charge in [0.2, 0.25) is 0 Å². The lowest BCUT2D eigenvalue weighted by molar-refractivity contribution is -0.130. The second-order valence-electron chi connectivity index (χ2n) is 4.67. The van der Waals surface area contributed by atoms with E-state index in [0.717, 1.165) is 0 Å². The van der Waals surface area contributed by atoms with Crippen LogP contribution in [0, 0.1) is 0 Å². The second-order valence-corrected chi connectivity index (χ2v) is 5.74. The predicted octanol–water partition coefficient (Wildman–Crippen LogP) is 1.71. The van der Waals surface area contributed by atoms with Crippen LogP contribution < -0.4 is 5.43 Å². The van der Waals surface area contributed by atoms with Gasteiger partial charge in [-0.2, -0.15) is 0 Å². The molecule has 22 heavy (non-hydrogen) atoms. The minimum absolute atomic E-state index is 0.0794. The van der Waals surface area contributed by atoms with Crippen molar-refractivity contribution in [3.05, 3.63) is 59.9 Å². The predicted molar refractivity (Wildman–Crippen MR) is 81.9 cm³/mol. The number of amides is 2.